The van der Waals surface area contributed by atoms with Crippen molar-refractivity contribution in [3.8, 4) is 0 Å². The average molecular weight is 235 g/mol. The minimum Gasteiger partial charge on any atom is -0.466 e. The van der Waals surface area contributed by atoms with Gasteiger partial charge in [-0.05, 0) is 31.9 Å². The van der Waals surface area contributed by atoms with Crippen LogP contribution in [-0.4, -0.2) is 13.2 Å². The molecule has 0 atom stereocenters. The van der Waals surface area contributed by atoms with Gasteiger partial charge in [-0.2, -0.15) is 0 Å². The van der Waals surface area contributed by atoms with E-state index in [4.69, 9.17) is 15.1 Å². The minimum atomic E-state index is -3.47. The molecule has 1 fully saturated rings. The van der Waals surface area contributed by atoms with E-state index in [0.717, 1.165) is 5.76 Å². The summed E-state index contributed by atoms with van der Waals surface area (Å²) in [5.74, 6) is 1.49. The van der Waals surface area contributed by atoms with Crippen molar-refractivity contribution in [2.24, 2.45) is 0 Å². The fraction of sp³-hybridized carbons (Fsp3) is 0.556. The number of halogens is 1. The van der Waals surface area contributed by atoms with Crippen LogP contribution in [0.1, 0.15) is 24.4 Å². The zero-order valence-corrected chi connectivity index (χ0v) is 9.36. The number of hydrogen-bond donors (Lipinski definition) is 0. The molecule has 1 saturated carbocycles. The van der Waals surface area contributed by atoms with Gasteiger partial charge in [-0.3, -0.25) is 0 Å². The zero-order valence-electron chi connectivity index (χ0n) is 7.79. The van der Waals surface area contributed by atoms with E-state index < -0.39 is 13.8 Å². The van der Waals surface area contributed by atoms with E-state index >= 15 is 0 Å². The van der Waals surface area contributed by atoms with Gasteiger partial charge in [0.1, 0.15) is 11.5 Å². The first-order valence-electron chi connectivity index (χ1n) is 4.42. The van der Waals surface area contributed by atoms with Gasteiger partial charge in [0.2, 0.25) is 9.05 Å². The summed E-state index contributed by atoms with van der Waals surface area (Å²) in [6.07, 6.45) is 1.67. The van der Waals surface area contributed by atoms with Crippen molar-refractivity contribution in [3.63, 3.8) is 0 Å². The Bertz CT molecular complexity index is 442. The van der Waals surface area contributed by atoms with Crippen LogP contribution in [0.2, 0.25) is 0 Å². The third-order valence-corrected chi connectivity index (χ3v) is 5.19. The molecule has 0 aliphatic heterocycles. The topological polar surface area (TPSA) is 47.3 Å². The summed E-state index contributed by atoms with van der Waals surface area (Å²) in [4.78, 5) is 0. The van der Waals surface area contributed by atoms with Crippen LogP contribution < -0.4 is 0 Å². The standard InChI is InChI=1S/C9H11ClO3S/c1-7-2-3-8(13-7)6-9(4-5-9)14(10,11)12/h2-3H,4-6H2,1H3. The Kier molecular flexibility index (Phi) is 2.16. The Morgan fingerprint density at radius 3 is 2.50 bits per heavy atom. The lowest BCUT2D eigenvalue weighted by atomic mass is 10.2. The van der Waals surface area contributed by atoms with Gasteiger partial charge in [-0.15, -0.1) is 0 Å². The average Bonchev–Trinajstić information content (AvgIpc) is 2.71. The fourth-order valence-electron chi connectivity index (χ4n) is 1.54. The summed E-state index contributed by atoms with van der Waals surface area (Å²) in [6, 6.07) is 3.63. The molecule has 0 unspecified atom stereocenters. The molecule has 0 saturated heterocycles. The van der Waals surface area contributed by atoms with Crippen molar-refractivity contribution in [2.75, 3.05) is 0 Å². The molecular formula is C9H11ClO3S. The van der Waals surface area contributed by atoms with Gasteiger partial charge in [0, 0.05) is 17.1 Å². The molecule has 3 nitrogen and oxygen atoms in total. The summed E-state index contributed by atoms with van der Waals surface area (Å²) < 4.78 is 27.1. The molecule has 0 radical (unpaired) electrons. The van der Waals surface area contributed by atoms with E-state index in [1.54, 1.807) is 6.07 Å². The molecule has 14 heavy (non-hydrogen) atoms. The molecule has 0 N–H and O–H groups in total. The SMILES string of the molecule is Cc1ccc(CC2(S(=O)(=O)Cl)CC2)o1. The Labute approximate surface area is 87.5 Å². The second-order valence-corrected chi connectivity index (χ2v) is 6.77. The third-order valence-electron chi connectivity index (χ3n) is 2.62. The Morgan fingerprint density at radius 2 is 2.14 bits per heavy atom. The van der Waals surface area contributed by atoms with Crippen molar-refractivity contribution < 1.29 is 12.8 Å². The lowest BCUT2D eigenvalue weighted by molar-refractivity contribution is 0.473. The van der Waals surface area contributed by atoms with Crippen molar-refractivity contribution >= 4 is 19.7 Å². The van der Waals surface area contributed by atoms with Crippen LogP contribution in [-0.2, 0) is 15.5 Å². The molecule has 1 aliphatic carbocycles. The normalized spacial score (nSPS) is 19.6. The highest BCUT2D eigenvalue weighted by Crippen LogP contribution is 2.48. The van der Waals surface area contributed by atoms with E-state index in [1.165, 1.54) is 0 Å². The predicted octanol–water partition coefficient (Wildman–Crippen LogP) is 2.23. The summed E-state index contributed by atoms with van der Waals surface area (Å²) in [5, 5.41) is 0. The molecule has 1 heterocycles. The molecule has 5 heteroatoms. The highest BCUT2D eigenvalue weighted by molar-refractivity contribution is 8.15. The Hall–Kier alpha value is -0.480. The van der Waals surface area contributed by atoms with E-state index in [-0.39, 0.29) is 0 Å². The van der Waals surface area contributed by atoms with Crippen LogP contribution >= 0.6 is 10.7 Å². The van der Waals surface area contributed by atoms with Crippen molar-refractivity contribution in [1.29, 1.82) is 0 Å². The van der Waals surface area contributed by atoms with Crippen LogP contribution in [0.4, 0.5) is 0 Å². The fourth-order valence-corrected chi connectivity index (χ4v) is 3.07. The van der Waals surface area contributed by atoms with Crippen molar-refractivity contribution in [3.05, 3.63) is 23.7 Å². The minimum absolute atomic E-state index is 0.396. The summed E-state index contributed by atoms with van der Waals surface area (Å²) in [7, 11) is 1.91. The number of furan rings is 1. The Morgan fingerprint density at radius 1 is 1.50 bits per heavy atom. The van der Waals surface area contributed by atoms with Crippen molar-refractivity contribution in [1.82, 2.24) is 0 Å². The first-order chi connectivity index (χ1) is 6.43. The molecule has 1 aromatic heterocycles. The van der Waals surface area contributed by atoms with E-state index in [0.29, 0.717) is 25.0 Å². The molecule has 1 aliphatic rings. The maximum atomic E-state index is 11.3. The number of aryl methyl sites for hydroxylation is 1. The second kappa shape index (κ2) is 3.00. The van der Waals surface area contributed by atoms with Gasteiger partial charge >= 0.3 is 0 Å². The molecule has 78 valence electrons. The molecule has 2 rings (SSSR count). The lowest BCUT2D eigenvalue weighted by Gasteiger charge is -2.08. The van der Waals surface area contributed by atoms with Gasteiger partial charge in [-0.1, -0.05) is 0 Å². The lowest BCUT2D eigenvalue weighted by Crippen LogP contribution is -2.20. The summed E-state index contributed by atoms with van der Waals surface area (Å²) in [6.45, 7) is 1.83. The van der Waals surface area contributed by atoms with Crippen molar-refractivity contribution in [2.45, 2.75) is 30.9 Å². The maximum Gasteiger partial charge on any atom is 0.238 e. The quantitative estimate of drug-likeness (QED) is 0.754. The molecule has 0 aromatic carbocycles. The van der Waals surface area contributed by atoms with Crippen LogP contribution in [0.15, 0.2) is 16.5 Å². The monoisotopic (exact) mass is 234 g/mol. The van der Waals surface area contributed by atoms with Crippen LogP contribution in [0.25, 0.3) is 0 Å². The second-order valence-electron chi connectivity index (χ2n) is 3.81. The number of rotatable bonds is 3. The largest absolute Gasteiger partial charge is 0.466 e. The summed E-state index contributed by atoms with van der Waals surface area (Å²) in [5.41, 5.74) is 0. The highest BCUT2D eigenvalue weighted by atomic mass is 35.7. The van der Waals surface area contributed by atoms with Gasteiger partial charge in [0.05, 0.1) is 4.75 Å². The first-order valence-corrected chi connectivity index (χ1v) is 6.73. The van der Waals surface area contributed by atoms with Crippen LogP contribution in [0, 0.1) is 6.92 Å². The summed E-state index contributed by atoms with van der Waals surface area (Å²) >= 11 is 0. The van der Waals surface area contributed by atoms with Crippen LogP contribution in [0.3, 0.4) is 0 Å². The molecule has 0 amide bonds. The van der Waals surface area contributed by atoms with Gasteiger partial charge < -0.3 is 4.42 Å². The number of hydrogen-bond acceptors (Lipinski definition) is 3. The van der Waals surface area contributed by atoms with Gasteiger partial charge in [-0.25, -0.2) is 8.42 Å². The van der Waals surface area contributed by atoms with E-state index in [2.05, 4.69) is 0 Å². The van der Waals surface area contributed by atoms with E-state index in [1.807, 2.05) is 13.0 Å². The first kappa shape index (κ1) is 10.1. The third kappa shape index (κ3) is 1.68. The molecule has 0 bridgehead atoms. The maximum absolute atomic E-state index is 11.3. The molecule has 1 aromatic rings. The van der Waals surface area contributed by atoms with Gasteiger partial charge in [0.15, 0.2) is 0 Å². The predicted molar refractivity (Wildman–Crippen MR) is 53.9 cm³/mol. The molecule has 0 spiro atoms. The van der Waals surface area contributed by atoms with Gasteiger partial charge in [0.25, 0.3) is 0 Å². The Balaban J connectivity index is 2.20. The smallest absolute Gasteiger partial charge is 0.238 e. The zero-order chi connectivity index (χ0) is 10.4. The van der Waals surface area contributed by atoms with Crippen LogP contribution in [0.5, 0.6) is 0 Å². The highest BCUT2D eigenvalue weighted by Gasteiger charge is 2.54. The van der Waals surface area contributed by atoms with E-state index in [9.17, 15) is 8.42 Å². The molecular weight excluding hydrogens is 224 g/mol.